The van der Waals surface area contributed by atoms with E-state index >= 15 is 4.79 Å². The number of aryl methyl sites for hydroxylation is 4. The zero-order valence-corrected chi connectivity index (χ0v) is 31.2. The van der Waals surface area contributed by atoms with Crippen LogP contribution in [0, 0.1) is 32.1 Å². The maximum atomic E-state index is 15.1. The van der Waals surface area contributed by atoms with Crippen molar-refractivity contribution in [1.29, 1.82) is 0 Å². The fourth-order valence-electron chi connectivity index (χ4n) is 9.04. The van der Waals surface area contributed by atoms with Gasteiger partial charge in [-0.25, -0.2) is 28.4 Å². The van der Waals surface area contributed by atoms with E-state index in [1.807, 2.05) is 56.3 Å². The molecule has 9 rings (SSSR count). The maximum Gasteiger partial charge on any atom is 0.352 e. The van der Waals surface area contributed by atoms with Crippen LogP contribution in [0.5, 0.6) is 5.75 Å². The smallest absolute Gasteiger partial charge is 0.352 e. The molecule has 11 nitrogen and oxygen atoms in total. The number of carbonyl (C=O) groups excluding carboxylic acids is 2. The van der Waals surface area contributed by atoms with Gasteiger partial charge in [-0.15, -0.1) is 11.3 Å². The van der Waals surface area contributed by atoms with Crippen molar-refractivity contribution in [3.8, 4) is 22.0 Å². The quantitative estimate of drug-likeness (QED) is 0.161. The first-order chi connectivity index (χ1) is 25.3. The van der Waals surface area contributed by atoms with Gasteiger partial charge in [0.2, 0.25) is 11.8 Å². The number of aromatic nitrogens is 5. The van der Waals surface area contributed by atoms with Crippen LogP contribution in [0.2, 0.25) is 5.02 Å². The number of carbonyl (C=O) groups is 2. The van der Waals surface area contributed by atoms with Crippen LogP contribution in [0.25, 0.3) is 26.3 Å². The molecule has 13 heteroatoms. The Morgan fingerprint density at radius 3 is 2.38 bits per heavy atom. The number of rotatable bonds is 4. The van der Waals surface area contributed by atoms with Gasteiger partial charge >= 0.3 is 11.4 Å². The van der Waals surface area contributed by atoms with E-state index in [1.165, 1.54) is 14.3 Å². The first kappa shape index (κ1) is 33.4. The second-order valence-corrected chi connectivity index (χ2v) is 16.1. The number of hydrogen-bond donors (Lipinski definition) is 1. The number of hydrogen-bond acceptors (Lipinski definition) is 7. The van der Waals surface area contributed by atoms with Crippen molar-refractivity contribution < 1.29 is 14.7 Å². The minimum absolute atomic E-state index is 0.115. The molecule has 2 aliphatic heterocycles. The lowest BCUT2D eigenvalue weighted by Crippen LogP contribution is -2.49. The highest BCUT2D eigenvalue weighted by Crippen LogP contribution is 2.61. The number of halogens is 1. The van der Waals surface area contributed by atoms with Crippen LogP contribution in [0.4, 0.5) is 5.82 Å². The van der Waals surface area contributed by atoms with Gasteiger partial charge < -0.3 is 5.11 Å². The number of fused-ring (bicyclic) bond motifs is 5. The Morgan fingerprint density at radius 1 is 0.943 bits per heavy atom. The van der Waals surface area contributed by atoms with Gasteiger partial charge in [0.05, 0.1) is 34.5 Å². The summed E-state index contributed by atoms with van der Waals surface area (Å²) in [6, 6.07) is 19.3. The fraction of sp³-hybridized carbons (Fsp3) is 0.275. The number of thiophene rings is 1. The van der Waals surface area contributed by atoms with Crippen molar-refractivity contribution in [3.05, 3.63) is 127 Å². The molecule has 1 saturated heterocycles. The number of amides is 2. The third kappa shape index (κ3) is 4.54. The minimum atomic E-state index is -1.27. The predicted octanol–water partition coefficient (Wildman–Crippen LogP) is 6.56. The van der Waals surface area contributed by atoms with Crippen molar-refractivity contribution in [2.45, 2.75) is 52.6 Å². The van der Waals surface area contributed by atoms with Crippen LogP contribution in [0.1, 0.15) is 47.6 Å². The van der Waals surface area contributed by atoms with Crippen molar-refractivity contribution >= 4 is 50.7 Å². The third-order valence-electron chi connectivity index (χ3n) is 11.6. The number of para-hydroxylation sites is 1. The van der Waals surface area contributed by atoms with Crippen molar-refractivity contribution in [1.82, 2.24) is 23.7 Å². The van der Waals surface area contributed by atoms with Crippen LogP contribution < -0.4 is 16.3 Å². The highest BCUT2D eigenvalue weighted by atomic mass is 35.5. The summed E-state index contributed by atoms with van der Waals surface area (Å²) in [4.78, 5) is 60.2. The van der Waals surface area contributed by atoms with E-state index in [9.17, 15) is 19.5 Å². The molecule has 3 aromatic heterocycles. The van der Waals surface area contributed by atoms with Gasteiger partial charge in [-0.3, -0.25) is 14.3 Å². The van der Waals surface area contributed by atoms with Crippen molar-refractivity contribution in [2.75, 3.05) is 4.90 Å². The van der Waals surface area contributed by atoms with E-state index in [-0.39, 0.29) is 24.6 Å². The number of nitrogens with zero attached hydrogens (tertiary/aromatic N) is 6. The largest absolute Gasteiger partial charge is 0.507 e. The number of aromatic hydroxyl groups is 1. The van der Waals surface area contributed by atoms with E-state index in [2.05, 4.69) is 0 Å². The Morgan fingerprint density at radius 2 is 1.66 bits per heavy atom. The molecule has 1 N–H and O–H groups in total. The van der Waals surface area contributed by atoms with Crippen LogP contribution in [-0.2, 0) is 23.2 Å². The summed E-state index contributed by atoms with van der Waals surface area (Å²) in [7, 11) is 1.72. The van der Waals surface area contributed by atoms with E-state index in [4.69, 9.17) is 16.7 Å². The number of allylic oxidation sites excluding steroid dienone is 2. The second kappa shape index (κ2) is 11.5. The predicted molar refractivity (Wildman–Crippen MR) is 204 cm³/mol. The number of anilines is 1. The number of phenolic OH excluding ortho intramolecular Hbond substituents is 1. The highest BCUT2D eigenvalue weighted by Gasteiger charge is 2.66. The second-order valence-electron chi connectivity index (χ2n) is 14.6. The zero-order chi connectivity index (χ0) is 37.2. The molecule has 0 unspecified atom stereocenters. The molecular formula is C40H35ClN6O5S. The van der Waals surface area contributed by atoms with Crippen LogP contribution in [0.15, 0.2) is 88.0 Å². The van der Waals surface area contributed by atoms with Gasteiger partial charge in [-0.2, -0.15) is 5.10 Å². The molecule has 3 aromatic carbocycles. The average molecular weight is 747 g/mol. The van der Waals surface area contributed by atoms with E-state index in [0.717, 1.165) is 36.2 Å². The minimum Gasteiger partial charge on any atom is -0.507 e. The Labute approximate surface area is 312 Å². The molecule has 2 fully saturated rings. The molecule has 0 bridgehead atoms. The van der Waals surface area contributed by atoms with Gasteiger partial charge in [0.15, 0.2) is 0 Å². The molecule has 1 saturated carbocycles. The topological polar surface area (TPSA) is 124 Å². The molecule has 5 heterocycles. The summed E-state index contributed by atoms with van der Waals surface area (Å²) in [6.07, 6.45) is 2.07. The summed E-state index contributed by atoms with van der Waals surface area (Å²) in [5, 5.41) is 17.2. The summed E-state index contributed by atoms with van der Waals surface area (Å²) in [6.45, 7) is 7.57. The highest BCUT2D eigenvalue weighted by molar-refractivity contribution is 7.22. The van der Waals surface area contributed by atoms with Crippen LogP contribution >= 0.6 is 22.9 Å². The molecular weight excluding hydrogens is 712 g/mol. The van der Waals surface area contributed by atoms with Gasteiger partial charge in [-0.1, -0.05) is 48.0 Å². The molecule has 268 valence electrons. The molecule has 4 atom stereocenters. The summed E-state index contributed by atoms with van der Waals surface area (Å²) >= 11 is 7.89. The number of benzene rings is 3. The summed E-state index contributed by atoms with van der Waals surface area (Å²) < 4.78 is 6.67. The Kier molecular flexibility index (Phi) is 7.25. The average Bonchev–Trinajstić information content (AvgIpc) is 3.80. The van der Waals surface area contributed by atoms with E-state index < -0.39 is 40.6 Å². The van der Waals surface area contributed by atoms with E-state index in [1.54, 1.807) is 67.2 Å². The third-order valence-corrected chi connectivity index (χ3v) is 13.1. The molecule has 53 heavy (non-hydrogen) atoms. The maximum absolute atomic E-state index is 15.1. The van der Waals surface area contributed by atoms with Gasteiger partial charge in [0, 0.05) is 28.8 Å². The SMILES string of the molecule is Cc1cc([C@H]2C3=CCn4c(=O)n(-c5ccccc5)c(=O)n4[C@@H]3C[C@H]3C(=O)N(c4cc(-c5sc6ccc(Cl)cc6c5C)nn4C)C(=O)[C@@]23C)cc(C)c1O. The standard InChI is InChI=1S/C40H35ClN6O5S/c1-20-15-23(16-21(2)34(20)48)33-26-13-14-44-38(51)45(25-9-7-6-8-10-25)39(52)47(44)30(26)18-28-36(49)46(37(50)40(28,33)4)32-19-29(42-43(32)5)35-22(3)27-17-24(41)11-12-31(27)53-35/h6-13,15-17,19,28,30,33,48H,14,18H2,1-5H3/t28-,30+,33-,40+/m0/s1. The van der Waals surface area contributed by atoms with E-state index in [0.29, 0.717) is 33.3 Å². The normalized spacial score (nSPS) is 22.3. The van der Waals surface area contributed by atoms with Gasteiger partial charge in [0.25, 0.3) is 0 Å². The molecule has 6 aromatic rings. The molecule has 0 radical (unpaired) electrons. The fourth-order valence-corrected chi connectivity index (χ4v) is 10.4. The van der Waals surface area contributed by atoms with Crippen LogP contribution in [-0.4, -0.2) is 40.6 Å². The monoisotopic (exact) mass is 746 g/mol. The zero-order valence-electron chi connectivity index (χ0n) is 29.6. The van der Waals surface area contributed by atoms with Gasteiger partial charge in [0.1, 0.15) is 17.3 Å². The van der Waals surface area contributed by atoms with Crippen molar-refractivity contribution in [3.63, 3.8) is 0 Å². The van der Waals surface area contributed by atoms with Crippen LogP contribution in [0.3, 0.4) is 0 Å². The van der Waals surface area contributed by atoms with Gasteiger partial charge in [-0.05, 0) is 97.7 Å². The molecule has 1 aliphatic carbocycles. The lowest BCUT2D eigenvalue weighted by Gasteiger charge is -2.47. The molecule has 3 aliphatic rings. The lowest BCUT2D eigenvalue weighted by molar-refractivity contribution is -0.129. The molecule has 0 spiro atoms. The Balaban J connectivity index is 1.21. The Bertz CT molecular complexity index is 2710. The molecule has 2 amide bonds. The Hall–Kier alpha value is -5.46. The lowest BCUT2D eigenvalue weighted by atomic mass is 9.56. The number of phenols is 1. The number of imide groups is 1. The first-order valence-corrected chi connectivity index (χ1v) is 18.6. The first-order valence-electron chi connectivity index (χ1n) is 17.4. The summed E-state index contributed by atoms with van der Waals surface area (Å²) in [5.41, 5.74) is 2.63. The summed E-state index contributed by atoms with van der Waals surface area (Å²) in [5.74, 6) is -1.76. The van der Waals surface area contributed by atoms with Crippen molar-refractivity contribution in [2.24, 2.45) is 18.4 Å².